The highest BCUT2D eigenvalue weighted by molar-refractivity contribution is 5.92. The summed E-state index contributed by atoms with van der Waals surface area (Å²) in [6, 6.07) is 7.97. The first-order chi connectivity index (χ1) is 7.77. The number of nitrogens with one attached hydrogen (secondary N) is 2. The van der Waals surface area contributed by atoms with Gasteiger partial charge in [0.05, 0.1) is 6.54 Å². The van der Waals surface area contributed by atoms with Gasteiger partial charge in [0.25, 0.3) is 0 Å². The van der Waals surface area contributed by atoms with Crippen molar-refractivity contribution in [3.05, 3.63) is 29.8 Å². The Balaban J connectivity index is 2.61. The molecule has 0 spiro atoms. The zero-order chi connectivity index (χ0) is 11.8. The Kier molecular flexibility index (Phi) is 5.57. The molecule has 1 aromatic rings. The third kappa shape index (κ3) is 4.03. The number of carbonyl (C=O) groups excluding carboxylic acids is 1. The molecule has 0 aliphatic carbocycles. The third-order valence-corrected chi connectivity index (χ3v) is 2.35. The number of likely N-dealkylation sites (N-methyl/N-ethyl adjacent to an activating group) is 1. The summed E-state index contributed by atoms with van der Waals surface area (Å²) in [5, 5.41) is 5.94. The summed E-state index contributed by atoms with van der Waals surface area (Å²) in [6.45, 7) is 5.30. The minimum Gasteiger partial charge on any atom is -0.325 e. The van der Waals surface area contributed by atoms with Crippen LogP contribution in [0.5, 0.6) is 0 Å². The summed E-state index contributed by atoms with van der Waals surface area (Å²) in [5.74, 6) is 0.0189. The lowest BCUT2D eigenvalue weighted by Gasteiger charge is -2.10. The van der Waals surface area contributed by atoms with E-state index in [1.54, 1.807) is 0 Å². The van der Waals surface area contributed by atoms with Gasteiger partial charge in [-0.25, -0.2) is 0 Å². The van der Waals surface area contributed by atoms with Crippen LogP contribution in [-0.4, -0.2) is 19.0 Å². The topological polar surface area (TPSA) is 41.1 Å². The molecule has 0 aliphatic rings. The maximum absolute atomic E-state index is 11.6. The van der Waals surface area contributed by atoms with Gasteiger partial charge in [0.15, 0.2) is 0 Å². The summed E-state index contributed by atoms with van der Waals surface area (Å²) in [5.41, 5.74) is 2.14. The minimum absolute atomic E-state index is 0.0189. The predicted molar refractivity (Wildman–Crippen MR) is 67.6 cm³/mol. The Morgan fingerprint density at radius 1 is 1.25 bits per heavy atom. The summed E-state index contributed by atoms with van der Waals surface area (Å²) in [6.07, 6.45) is 2.08. The van der Waals surface area contributed by atoms with Gasteiger partial charge in [-0.15, -0.1) is 0 Å². The van der Waals surface area contributed by atoms with Gasteiger partial charge in [-0.2, -0.15) is 0 Å². The smallest absolute Gasteiger partial charge is 0.238 e. The molecule has 88 valence electrons. The quantitative estimate of drug-likeness (QED) is 0.771. The summed E-state index contributed by atoms with van der Waals surface area (Å²) in [4.78, 5) is 11.6. The Morgan fingerprint density at radius 3 is 2.69 bits per heavy atom. The van der Waals surface area contributed by atoms with Crippen LogP contribution in [0.1, 0.15) is 25.8 Å². The molecule has 0 aliphatic heterocycles. The first-order valence-electron chi connectivity index (χ1n) is 5.86. The minimum atomic E-state index is 0.0189. The highest BCUT2D eigenvalue weighted by Gasteiger charge is 2.04. The molecule has 0 radical (unpaired) electrons. The summed E-state index contributed by atoms with van der Waals surface area (Å²) in [7, 11) is 0. The standard InChI is InChI=1S/C13H20N2O/c1-3-7-11-8-5-6-9-12(11)15-13(16)10-14-4-2/h5-6,8-9,14H,3-4,7,10H2,1-2H3,(H,15,16). The molecule has 0 fully saturated rings. The fraction of sp³-hybridized carbons (Fsp3) is 0.462. The zero-order valence-electron chi connectivity index (χ0n) is 10.0. The molecule has 0 saturated heterocycles. The van der Waals surface area contributed by atoms with Crippen LogP contribution in [-0.2, 0) is 11.2 Å². The number of hydrogen-bond donors (Lipinski definition) is 2. The molecule has 1 amide bonds. The molecule has 1 aromatic carbocycles. The van der Waals surface area contributed by atoms with E-state index in [-0.39, 0.29) is 5.91 Å². The lowest BCUT2D eigenvalue weighted by Crippen LogP contribution is -2.28. The van der Waals surface area contributed by atoms with E-state index in [2.05, 4.69) is 23.6 Å². The van der Waals surface area contributed by atoms with Crippen LogP contribution in [0.2, 0.25) is 0 Å². The second-order valence-corrected chi connectivity index (χ2v) is 3.74. The van der Waals surface area contributed by atoms with Crippen molar-refractivity contribution in [2.75, 3.05) is 18.4 Å². The fourth-order valence-electron chi connectivity index (χ4n) is 1.56. The maximum Gasteiger partial charge on any atom is 0.238 e. The summed E-state index contributed by atoms with van der Waals surface area (Å²) < 4.78 is 0. The maximum atomic E-state index is 11.6. The molecule has 1 rings (SSSR count). The Labute approximate surface area is 97.2 Å². The van der Waals surface area contributed by atoms with E-state index in [4.69, 9.17) is 0 Å². The molecule has 0 bridgehead atoms. The van der Waals surface area contributed by atoms with Crippen molar-refractivity contribution < 1.29 is 4.79 Å². The van der Waals surface area contributed by atoms with E-state index in [1.165, 1.54) is 5.56 Å². The van der Waals surface area contributed by atoms with Gasteiger partial charge in [0.2, 0.25) is 5.91 Å². The normalized spacial score (nSPS) is 10.1. The summed E-state index contributed by atoms with van der Waals surface area (Å²) >= 11 is 0. The number of rotatable bonds is 6. The lowest BCUT2D eigenvalue weighted by molar-refractivity contribution is -0.115. The molecule has 0 unspecified atom stereocenters. The van der Waals surface area contributed by atoms with Crippen LogP contribution in [0.25, 0.3) is 0 Å². The van der Waals surface area contributed by atoms with Crippen LogP contribution in [0.3, 0.4) is 0 Å². The first-order valence-corrected chi connectivity index (χ1v) is 5.86. The van der Waals surface area contributed by atoms with Gasteiger partial charge >= 0.3 is 0 Å². The number of aryl methyl sites for hydroxylation is 1. The fourth-order valence-corrected chi connectivity index (χ4v) is 1.56. The average molecular weight is 220 g/mol. The molecular weight excluding hydrogens is 200 g/mol. The molecule has 16 heavy (non-hydrogen) atoms. The van der Waals surface area contributed by atoms with Crippen LogP contribution < -0.4 is 10.6 Å². The van der Waals surface area contributed by atoms with Gasteiger partial charge in [-0.05, 0) is 24.6 Å². The van der Waals surface area contributed by atoms with Crippen molar-refractivity contribution in [2.24, 2.45) is 0 Å². The highest BCUT2D eigenvalue weighted by Crippen LogP contribution is 2.16. The molecule has 0 atom stereocenters. The molecule has 3 nitrogen and oxygen atoms in total. The van der Waals surface area contributed by atoms with E-state index in [0.717, 1.165) is 25.1 Å². The van der Waals surface area contributed by atoms with Gasteiger partial charge in [-0.1, -0.05) is 38.5 Å². The first kappa shape index (κ1) is 12.7. The SMILES string of the molecule is CCCc1ccccc1NC(=O)CNCC. The molecule has 0 heterocycles. The van der Waals surface area contributed by atoms with Crippen LogP contribution >= 0.6 is 0 Å². The molecule has 0 saturated carbocycles. The Bertz CT molecular complexity index is 336. The number of amides is 1. The van der Waals surface area contributed by atoms with E-state index in [1.807, 2.05) is 25.1 Å². The van der Waals surface area contributed by atoms with Crippen molar-refractivity contribution in [2.45, 2.75) is 26.7 Å². The van der Waals surface area contributed by atoms with Crippen LogP contribution in [0, 0.1) is 0 Å². The molecule has 3 heteroatoms. The van der Waals surface area contributed by atoms with Crippen molar-refractivity contribution in [1.82, 2.24) is 5.32 Å². The lowest BCUT2D eigenvalue weighted by atomic mass is 10.1. The number of hydrogen-bond acceptors (Lipinski definition) is 2. The third-order valence-electron chi connectivity index (χ3n) is 2.35. The second kappa shape index (κ2) is 7.01. The van der Waals surface area contributed by atoms with Gasteiger partial charge in [-0.3, -0.25) is 4.79 Å². The van der Waals surface area contributed by atoms with Crippen LogP contribution in [0.4, 0.5) is 5.69 Å². The highest BCUT2D eigenvalue weighted by atomic mass is 16.1. The van der Waals surface area contributed by atoms with Gasteiger partial charge in [0.1, 0.15) is 0 Å². The number of benzene rings is 1. The van der Waals surface area contributed by atoms with Crippen LogP contribution in [0.15, 0.2) is 24.3 Å². The van der Waals surface area contributed by atoms with E-state index in [9.17, 15) is 4.79 Å². The van der Waals surface area contributed by atoms with E-state index >= 15 is 0 Å². The van der Waals surface area contributed by atoms with Crippen molar-refractivity contribution >= 4 is 11.6 Å². The Morgan fingerprint density at radius 2 is 2.00 bits per heavy atom. The largest absolute Gasteiger partial charge is 0.325 e. The van der Waals surface area contributed by atoms with Gasteiger partial charge < -0.3 is 10.6 Å². The monoisotopic (exact) mass is 220 g/mol. The van der Waals surface area contributed by atoms with E-state index in [0.29, 0.717) is 6.54 Å². The molecular formula is C13H20N2O. The predicted octanol–water partition coefficient (Wildman–Crippen LogP) is 2.19. The number of para-hydroxylation sites is 1. The number of anilines is 1. The van der Waals surface area contributed by atoms with Crippen molar-refractivity contribution in [1.29, 1.82) is 0 Å². The van der Waals surface area contributed by atoms with Crippen molar-refractivity contribution in [3.63, 3.8) is 0 Å². The number of carbonyl (C=O) groups is 1. The zero-order valence-corrected chi connectivity index (χ0v) is 10.0. The molecule has 2 N–H and O–H groups in total. The average Bonchev–Trinajstić information content (AvgIpc) is 2.29. The Hall–Kier alpha value is -1.35. The van der Waals surface area contributed by atoms with Crippen molar-refractivity contribution in [3.8, 4) is 0 Å². The van der Waals surface area contributed by atoms with E-state index < -0.39 is 0 Å². The van der Waals surface area contributed by atoms with Gasteiger partial charge in [0, 0.05) is 5.69 Å². The second-order valence-electron chi connectivity index (χ2n) is 3.74. The molecule has 0 aromatic heterocycles.